The maximum absolute atomic E-state index is 12.8. The highest BCUT2D eigenvalue weighted by molar-refractivity contribution is 5.99. The number of carbonyl (C=O) groups is 2. The number of hydrogen-bond acceptors (Lipinski definition) is 3. The van der Waals surface area contributed by atoms with E-state index in [1.54, 1.807) is 4.90 Å². The molecule has 1 atom stereocenters. The zero-order valence-electron chi connectivity index (χ0n) is 15.1. The van der Waals surface area contributed by atoms with Crippen molar-refractivity contribution < 1.29 is 14.3 Å². The number of nitrogens with one attached hydrogen (secondary N) is 1. The van der Waals surface area contributed by atoms with Crippen molar-refractivity contribution in [2.45, 2.75) is 45.4 Å². The highest BCUT2D eigenvalue weighted by Gasteiger charge is 2.36. The van der Waals surface area contributed by atoms with E-state index >= 15 is 0 Å². The van der Waals surface area contributed by atoms with Crippen molar-refractivity contribution in [2.24, 2.45) is 0 Å². The molecule has 3 rings (SSSR count). The normalized spacial score (nSPS) is 16.8. The van der Waals surface area contributed by atoms with Crippen molar-refractivity contribution in [1.82, 2.24) is 4.90 Å². The third-order valence-electron chi connectivity index (χ3n) is 4.33. The minimum Gasteiger partial charge on any atom is -0.489 e. The Bertz CT molecular complexity index is 774. The number of likely N-dealkylation sites (tertiary alicyclic amines) is 1. The average Bonchev–Trinajstić information content (AvgIpc) is 2.98. The fraction of sp³-hybridized carbons (Fsp3) is 0.333. The topological polar surface area (TPSA) is 58.6 Å². The second-order valence-electron chi connectivity index (χ2n) is 6.71. The van der Waals surface area contributed by atoms with Gasteiger partial charge in [-0.3, -0.25) is 9.59 Å². The van der Waals surface area contributed by atoms with Gasteiger partial charge in [0.1, 0.15) is 11.8 Å². The summed E-state index contributed by atoms with van der Waals surface area (Å²) in [5, 5.41) is 2.94. The quantitative estimate of drug-likeness (QED) is 0.864. The number of hydrogen-bond donors (Lipinski definition) is 1. The van der Waals surface area contributed by atoms with Crippen molar-refractivity contribution in [3.05, 3.63) is 60.2 Å². The predicted octanol–water partition coefficient (Wildman–Crippen LogP) is 3.60. The lowest BCUT2D eigenvalue weighted by atomic mass is 10.1. The second kappa shape index (κ2) is 8.04. The zero-order valence-corrected chi connectivity index (χ0v) is 15.1. The van der Waals surface area contributed by atoms with Crippen LogP contribution in [0.2, 0.25) is 0 Å². The van der Waals surface area contributed by atoms with E-state index < -0.39 is 6.04 Å². The Morgan fingerprint density at radius 1 is 1.15 bits per heavy atom. The Morgan fingerprint density at radius 2 is 1.85 bits per heavy atom. The Labute approximate surface area is 154 Å². The van der Waals surface area contributed by atoms with E-state index in [1.165, 1.54) is 0 Å². The molecule has 0 saturated carbocycles. The van der Waals surface area contributed by atoms with Crippen molar-refractivity contribution in [1.29, 1.82) is 0 Å². The number of amides is 2. The molecule has 0 aromatic heterocycles. The van der Waals surface area contributed by atoms with Gasteiger partial charge >= 0.3 is 0 Å². The monoisotopic (exact) mass is 352 g/mol. The summed E-state index contributed by atoms with van der Waals surface area (Å²) in [6.07, 6.45) is 0.940. The highest BCUT2D eigenvalue weighted by atomic mass is 16.5. The number of benzene rings is 2. The molecule has 2 aromatic rings. The van der Waals surface area contributed by atoms with Crippen LogP contribution in [-0.4, -0.2) is 28.9 Å². The lowest BCUT2D eigenvalue weighted by molar-refractivity contribution is -0.133. The van der Waals surface area contributed by atoms with Crippen molar-refractivity contribution >= 4 is 17.5 Å². The van der Waals surface area contributed by atoms with Crippen LogP contribution in [-0.2, 0) is 16.1 Å². The Kier molecular flexibility index (Phi) is 5.56. The SMILES string of the molecule is CC(C)Oc1ccccc1NC(=O)C1CCC(=O)N1Cc1ccccc1. The van der Waals surface area contributed by atoms with E-state index in [-0.39, 0.29) is 17.9 Å². The number of para-hydroxylation sites is 2. The molecule has 0 aliphatic carbocycles. The van der Waals surface area contributed by atoms with Crippen LogP contribution in [0.15, 0.2) is 54.6 Å². The van der Waals surface area contributed by atoms with Gasteiger partial charge in [-0.15, -0.1) is 0 Å². The summed E-state index contributed by atoms with van der Waals surface area (Å²) in [5.74, 6) is 0.474. The summed E-state index contributed by atoms with van der Waals surface area (Å²) in [5.41, 5.74) is 1.65. The van der Waals surface area contributed by atoms with E-state index in [0.29, 0.717) is 30.8 Å². The summed E-state index contributed by atoms with van der Waals surface area (Å²) < 4.78 is 5.76. The van der Waals surface area contributed by atoms with E-state index in [2.05, 4.69) is 5.32 Å². The summed E-state index contributed by atoms with van der Waals surface area (Å²) in [6.45, 7) is 4.33. The third kappa shape index (κ3) is 4.23. The first-order chi connectivity index (χ1) is 12.5. The van der Waals surface area contributed by atoms with Crippen molar-refractivity contribution in [2.75, 3.05) is 5.32 Å². The van der Waals surface area contributed by atoms with Crippen LogP contribution >= 0.6 is 0 Å². The first-order valence-electron chi connectivity index (χ1n) is 8.94. The molecule has 0 bridgehead atoms. The van der Waals surface area contributed by atoms with Crippen molar-refractivity contribution in [3.8, 4) is 5.75 Å². The predicted molar refractivity (Wildman–Crippen MR) is 101 cm³/mol. The van der Waals surface area contributed by atoms with Gasteiger partial charge in [0.05, 0.1) is 11.8 Å². The number of anilines is 1. The summed E-state index contributed by atoms with van der Waals surface area (Å²) in [4.78, 5) is 26.8. The van der Waals surface area contributed by atoms with Crippen LogP contribution < -0.4 is 10.1 Å². The minimum absolute atomic E-state index is 0.00990. The van der Waals surface area contributed by atoms with E-state index in [0.717, 1.165) is 5.56 Å². The van der Waals surface area contributed by atoms with E-state index in [9.17, 15) is 9.59 Å². The summed E-state index contributed by atoms with van der Waals surface area (Å²) in [7, 11) is 0. The van der Waals surface area contributed by atoms with Gasteiger partial charge in [-0.25, -0.2) is 0 Å². The van der Waals surface area contributed by atoms with E-state index in [4.69, 9.17) is 4.74 Å². The number of rotatable bonds is 6. The molecule has 1 saturated heterocycles. The fourth-order valence-corrected chi connectivity index (χ4v) is 3.13. The molecule has 1 aliphatic heterocycles. The molecule has 26 heavy (non-hydrogen) atoms. The van der Waals surface area contributed by atoms with Crippen LogP contribution in [0.3, 0.4) is 0 Å². The van der Waals surface area contributed by atoms with Gasteiger partial charge in [-0.05, 0) is 38.0 Å². The molecule has 0 radical (unpaired) electrons. The largest absolute Gasteiger partial charge is 0.489 e. The Hall–Kier alpha value is -2.82. The molecule has 5 heteroatoms. The van der Waals surface area contributed by atoms with Gasteiger partial charge in [-0.1, -0.05) is 42.5 Å². The van der Waals surface area contributed by atoms with Crippen LogP contribution in [0.1, 0.15) is 32.3 Å². The number of nitrogens with zero attached hydrogens (tertiary/aromatic N) is 1. The van der Waals surface area contributed by atoms with Crippen LogP contribution in [0.25, 0.3) is 0 Å². The highest BCUT2D eigenvalue weighted by Crippen LogP contribution is 2.27. The molecule has 136 valence electrons. The molecule has 1 aliphatic rings. The molecule has 1 fully saturated rings. The van der Waals surface area contributed by atoms with Gasteiger partial charge in [0.25, 0.3) is 0 Å². The number of carbonyl (C=O) groups excluding carboxylic acids is 2. The first-order valence-corrected chi connectivity index (χ1v) is 8.94. The van der Waals surface area contributed by atoms with Crippen LogP contribution in [0.4, 0.5) is 5.69 Å². The molecule has 1 unspecified atom stereocenters. The average molecular weight is 352 g/mol. The second-order valence-corrected chi connectivity index (χ2v) is 6.71. The first kappa shape index (κ1) is 18.0. The molecule has 1 N–H and O–H groups in total. The fourth-order valence-electron chi connectivity index (χ4n) is 3.13. The summed E-state index contributed by atoms with van der Waals surface area (Å²) >= 11 is 0. The number of ether oxygens (including phenoxy) is 1. The molecule has 1 heterocycles. The molecule has 0 spiro atoms. The van der Waals surface area contributed by atoms with Gasteiger partial charge < -0.3 is 15.0 Å². The zero-order chi connectivity index (χ0) is 18.5. The molecular formula is C21H24N2O3. The van der Waals surface area contributed by atoms with Gasteiger partial charge in [0.15, 0.2) is 0 Å². The maximum atomic E-state index is 12.8. The Balaban J connectivity index is 1.73. The smallest absolute Gasteiger partial charge is 0.247 e. The standard InChI is InChI=1S/C21H24N2O3/c1-15(2)26-19-11-7-6-10-17(19)22-21(25)18-12-13-20(24)23(18)14-16-8-4-3-5-9-16/h3-11,15,18H,12-14H2,1-2H3,(H,22,25). The lowest BCUT2D eigenvalue weighted by Crippen LogP contribution is -2.41. The lowest BCUT2D eigenvalue weighted by Gasteiger charge is -2.25. The van der Waals surface area contributed by atoms with Gasteiger partial charge in [0.2, 0.25) is 11.8 Å². The van der Waals surface area contributed by atoms with Gasteiger partial charge in [-0.2, -0.15) is 0 Å². The minimum atomic E-state index is -0.463. The Morgan fingerprint density at radius 3 is 2.58 bits per heavy atom. The van der Waals surface area contributed by atoms with Crippen molar-refractivity contribution in [3.63, 3.8) is 0 Å². The molecule has 5 nitrogen and oxygen atoms in total. The molecule has 2 aromatic carbocycles. The molecule has 2 amide bonds. The maximum Gasteiger partial charge on any atom is 0.247 e. The van der Waals surface area contributed by atoms with E-state index in [1.807, 2.05) is 68.4 Å². The summed E-state index contributed by atoms with van der Waals surface area (Å²) in [6, 6.07) is 16.6. The van der Waals surface area contributed by atoms with Gasteiger partial charge in [0, 0.05) is 13.0 Å². The molecular weight excluding hydrogens is 328 g/mol. The van der Waals surface area contributed by atoms with Crippen LogP contribution in [0.5, 0.6) is 5.75 Å². The van der Waals surface area contributed by atoms with Crippen LogP contribution in [0, 0.1) is 0 Å². The third-order valence-corrected chi connectivity index (χ3v) is 4.33.